The second-order valence-corrected chi connectivity index (χ2v) is 8.40. The van der Waals surface area contributed by atoms with Crippen LogP contribution in [0.4, 0.5) is 4.79 Å². The molecule has 0 radical (unpaired) electrons. The highest BCUT2D eigenvalue weighted by atomic mass is 16.6. The predicted molar refractivity (Wildman–Crippen MR) is 95.2 cm³/mol. The van der Waals surface area contributed by atoms with Crippen molar-refractivity contribution in [3.05, 3.63) is 12.7 Å². The molecule has 0 aliphatic carbocycles. The normalized spacial score (nSPS) is 19.3. The quantitative estimate of drug-likeness (QED) is 0.814. The van der Waals surface area contributed by atoms with E-state index >= 15 is 0 Å². The second-order valence-electron chi connectivity index (χ2n) is 8.40. The molecular formula is C18H29N5O3. The maximum absolute atomic E-state index is 12.4. The molecule has 0 atom stereocenters. The van der Waals surface area contributed by atoms with Gasteiger partial charge in [-0.1, -0.05) is 0 Å². The molecule has 0 aromatic carbocycles. The number of likely N-dealkylation sites (tertiary alicyclic amines) is 2. The first-order valence-electron chi connectivity index (χ1n) is 9.38. The molecular weight excluding hydrogens is 334 g/mol. The van der Waals surface area contributed by atoms with Crippen LogP contribution in [-0.4, -0.2) is 68.3 Å². The van der Waals surface area contributed by atoms with Crippen LogP contribution in [-0.2, 0) is 16.1 Å². The van der Waals surface area contributed by atoms with Crippen LogP contribution in [0.3, 0.4) is 0 Å². The summed E-state index contributed by atoms with van der Waals surface area (Å²) in [6, 6.07) is 0. The van der Waals surface area contributed by atoms with Crippen molar-refractivity contribution in [1.29, 1.82) is 0 Å². The Morgan fingerprint density at radius 3 is 2.38 bits per heavy atom. The maximum atomic E-state index is 12.4. The average Bonchev–Trinajstić information content (AvgIpc) is 3.02. The van der Waals surface area contributed by atoms with Crippen LogP contribution in [0.15, 0.2) is 12.7 Å². The van der Waals surface area contributed by atoms with Crippen molar-refractivity contribution in [2.24, 2.45) is 11.8 Å². The highest BCUT2D eigenvalue weighted by Crippen LogP contribution is 2.25. The minimum absolute atomic E-state index is 0.232. The number of rotatable bonds is 4. The molecule has 8 nitrogen and oxygen atoms in total. The number of aromatic nitrogens is 3. The van der Waals surface area contributed by atoms with Crippen LogP contribution in [0.25, 0.3) is 0 Å². The Hall–Kier alpha value is -2.12. The smallest absolute Gasteiger partial charge is 0.410 e. The summed E-state index contributed by atoms with van der Waals surface area (Å²) in [5.41, 5.74) is -0.468. The lowest BCUT2D eigenvalue weighted by Crippen LogP contribution is -2.52. The maximum Gasteiger partial charge on any atom is 0.410 e. The molecule has 144 valence electrons. The monoisotopic (exact) mass is 363 g/mol. The molecule has 2 saturated heterocycles. The lowest BCUT2D eigenvalue weighted by atomic mass is 9.91. The summed E-state index contributed by atoms with van der Waals surface area (Å²) in [6.07, 6.45) is 5.30. The number of piperidine rings is 1. The summed E-state index contributed by atoms with van der Waals surface area (Å²) in [5, 5.41) is 4.10. The van der Waals surface area contributed by atoms with E-state index in [1.807, 2.05) is 30.4 Å². The van der Waals surface area contributed by atoms with Gasteiger partial charge in [-0.15, -0.1) is 0 Å². The zero-order valence-corrected chi connectivity index (χ0v) is 15.9. The SMILES string of the molecule is CC(C)(C)OC(=O)N1CCC(CC(=O)N2CC(Cn3cncn3)C2)CC1. The molecule has 1 aromatic heterocycles. The fourth-order valence-corrected chi connectivity index (χ4v) is 3.50. The van der Waals surface area contributed by atoms with Crippen LogP contribution in [0.1, 0.15) is 40.0 Å². The van der Waals surface area contributed by atoms with Gasteiger partial charge in [-0.25, -0.2) is 9.78 Å². The molecule has 3 rings (SSSR count). The van der Waals surface area contributed by atoms with Crippen LogP contribution in [0.2, 0.25) is 0 Å². The van der Waals surface area contributed by atoms with Crippen molar-refractivity contribution in [2.75, 3.05) is 26.2 Å². The molecule has 2 fully saturated rings. The minimum atomic E-state index is -0.468. The summed E-state index contributed by atoms with van der Waals surface area (Å²) >= 11 is 0. The third kappa shape index (κ3) is 4.95. The Bertz CT molecular complexity index is 611. The molecule has 3 heterocycles. The van der Waals surface area contributed by atoms with Gasteiger partial charge in [0.05, 0.1) is 0 Å². The summed E-state index contributed by atoms with van der Waals surface area (Å²) < 4.78 is 7.23. The molecule has 1 aromatic rings. The molecule has 2 aliphatic heterocycles. The first kappa shape index (κ1) is 18.7. The van der Waals surface area contributed by atoms with Gasteiger partial charge in [0, 0.05) is 45.1 Å². The zero-order chi connectivity index (χ0) is 18.7. The first-order valence-corrected chi connectivity index (χ1v) is 9.38. The molecule has 0 spiro atoms. The first-order chi connectivity index (χ1) is 12.3. The van der Waals surface area contributed by atoms with Gasteiger partial charge in [-0.3, -0.25) is 9.48 Å². The molecule has 2 amide bonds. The van der Waals surface area contributed by atoms with Gasteiger partial charge in [-0.05, 0) is 39.5 Å². The van der Waals surface area contributed by atoms with Crippen molar-refractivity contribution in [2.45, 2.75) is 52.2 Å². The fourth-order valence-electron chi connectivity index (χ4n) is 3.50. The van der Waals surface area contributed by atoms with Gasteiger partial charge in [0.25, 0.3) is 0 Å². The highest BCUT2D eigenvalue weighted by molar-refractivity contribution is 5.77. The van der Waals surface area contributed by atoms with E-state index in [9.17, 15) is 9.59 Å². The summed E-state index contributed by atoms with van der Waals surface area (Å²) in [4.78, 5) is 32.1. The van der Waals surface area contributed by atoms with E-state index in [1.54, 1.807) is 11.2 Å². The van der Waals surface area contributed by atoms with Gasteiger partial charge in [-0.2, -0.15) is 5.10 Å². The van der Waals surface area contributed by atoms with E-state index in [0.29, 0.717) is 31.3 Å². The Morgan fingerprint density at radius 1 is 1.12 bits per heavy atom. The van der Waals surface area contributed by atoms with Gasteiger partial charge in [0.2, 0.25) is 5.91 Å². The average molecular weight is 363 g/mol. The van der Waals surface area contributed by atoms with Crippen molar-refractivity contribution >= 4 is 12.0 Å². The number of amides is 2. The molecule has 26 heavy (non-hydrogen) atoms. The van der Waals surface area contributed by atoms with E-state index in [4.69, 9.17) is 4.74 Å². The second kappa shape index (κ2) is 7.63. The summed E-state index contributed by atoms with van der Waals surface area (Å²) in [6.45, 7) is 9.38. The van der Waals surface area contributed by atoms with Gasteiger partial charge in [0.1, 0.15) is 18.3 Å². The number of hydrogen-bond acceptors (Lipinski definition) is 5. The van der Waals surface area contributed by atoms with Gasteiger partial charge < -0.3 is 14.5 Å². The lowest BCUT2D eigenvalue weighted by Gasteiger charge is -2.40. The van der Waals surface area contributed by atoms with Gasteiger partial charge in [0.15, 0.2) is 0 Å². The van der Waals surface area contributed by atoms with Crippen LogP contribution in [0.5, 0.6) is 0 Å². The fraction of sp³-hybridized carbons (Fsp3) is 0.778. The van der Waals surface area contributed by atoms with Crippen LogP contribution >= 0.6 is 0 Å². The molecule has 0 unspecified atom stereocenters. The van der Waals surface area contributed by atoms with Crippen molar-refractivity contribution in [1.82, 2.24) is 24.6 Å². The Kier molecular flexibility index (Phi) is 5.48. The third-order valence-electron chi connectivity index (χ3n) is 4.95. The summed E-state index contributed by atoms with van der Waals surface area (Å²) in [7, 11) is 0. The number of ether oxygens (including phenoxy) is 1. The zero-order valence-electron chi connectivity index (χ0n) is 15.9. The Labute approximate surface area is 154 Å². The molecule has 0 saturated carbocycles. The van der Waals surface area contributed by atoms with E-state index in [2.05, 4.69) is 10.1 Å². The van der Waals surface area contributed by atoms with Crippen LogP contribution < -0.4 is 0 Å². The van der Waals surface area contributed by atoms with Crippen molar-refractivity contribution in [3.63, 3.8) is 0 Å². The van der Waals surface area contributed by atoms with Crippen LogP contribution in [0, 0.1) is 11.8 Å². The number of nitrogens with zero attached hydrogens (tertiary/aromatic N) is 5. The third-order valence-corrected chi connectivity index (χ3v) is 4.95. The standard InChI is InChI=1S/C18H29N5O3/c1-18(2,3)26-17(25)21-6-4-14(5-7-21)8-16(24)22-9-15(10-22)11-23-13-19-12-20-23/h12-15H,4-11H2,1-3H3. The van der Waals surface area contributed by atoms with E-state index in [0.717, 1.165) is 32.5 Å². The van der Waals surface area contributed by atoms with Crippen molar-refractivity contribution in [3.8, 4) is 0 Å². The lowest BCUT2D eigenvalue weighted by molar-refractivity contribution is -0.139. The molecule has 8 heteroatoms. The van der Waals surface area contributed by atoms with E-state index in [-0.39, 0.29) is 12.0 Å². The number of hydrogen-bond donors (Lipinski definition) is 0. The van der Waals surface area contributed by atoms with E-state index in [1.165, 1.54) is 6.33 Å². The number of carbonyl (C=O) groups is 2. The Morgan fingerprint density at radius 2 is 1.81 bits per heavy atom. The van der Waals surface area contributed by atoms with Crippen molar-refractivity contribution < 1.29 is 14.3 Å². The highest BCUT2D eigenvalue weighted by Gasteiger charge is 2.33. The molecule has 0 N–H and O–H groups in total. The van der Waals surface area contributed by atoms with Gasteiger partial charge >= 0.3 is 6.09 Å². The summed E-state index contributed by atoms with van der Waals surface area (Å²) in [5.74, 6) is 1.06. The Balaban J connectivity index is 1.35. The largest absolute Gasteiger partial charge is 0.444 e. The topological polar surface area (TPSA) is 80.6 Å². The minimum Gasteiger partial charge on any atom is -0.444 e. The molecule has 2 aliphatic rings. The molecule has 0 bridgehead atoms. The number of carbonyl (C=O) groups excluding carboxylic acids is 2. The van der Waals surface area contributed by atoms with E-state index < -0.39 is 5.60 Å². The predicted octanol–water partition coefficient (Wildman–Crippen LogP) is 1.77.